The summed E-state index contributed by atoms with van der Waals surface area (Å²) >= 11 is 5.92. The molecule has 0 atom stereocenters. The minimum Gasteiger partial charge on any atom is -0.488 e. The van der Waals surface area contributed by atoms with Crippen LogP contribution in [0.1, 0.15) is 11.1 Å². The van der Waals surface area contributed by atoms with E-state index in [0.717, 1.165) is 0 Å². The Hall–Kier alpha value is -2.86. The zero-order valence-electron chi connectivity index (χ0n) is 13.8. The van der Waals surface area contributed by atoms with Gasteiger partial charge in [-0.3, -0.25) is 4.79 Å². The van der Waals surface area contributed by atoms with Crippen LogP contribution < -0.4 is 10.1 Å². The number of carbonyl (C=O) groups excluding carboxylic acids is 2. The van der Waals surface area contributed by atoms with Gasteiger partial charge < -0.3 is 14.8 Å². The number of anilines is 1. The molecular formula is C19H15ClFNO4. The van der Waals surface area contributed by atoms with Crippen LogP contribution in [0.4, 0.5) is 10.1 Å². The monoisotopic (exact) mass is 375 g/mol. The van der Waals surface area contributed by atoms with Gasteiger partial charge in [0.15, 0.2) is 6.61 Å². The Morgan fingerprint density at radius 2 is 2.08 bits per heavy atom. The SMILES string of the molecule is Cc1ccc(NC(=O)COC(=O)C2=Cc3cc(Cl)ccc3OC2)cc1F. The van der Waals surface area contributed by atoms with Gasteiger partial charge in [-0.05, 0) is 48.9 Å². The highest BCUT2D eigenvalue weighted by Gasteiger charge is 2.19. The number of fused-ring (bicyclic) bond motifs is 1. The first-order valence-corrected chi connectivity index (χ1v) is 8.16. The van der Waals surface area contributed by atoms with E-state index in [1.165, 1.54) is 6.07 Å². The summed E-state index contributed by atoms with van der Waals surface area (Å²) < 4.78 is 23.9. The van der Waals surface area contributed by atoms with Gasteiger partial charge in [0.2, 0.25) is 0 Å². The molecule has 0 fully saturated rings. The summed E-state index contributed by atoms with van der Waals surface area (Å²) in [6.45, 7) is 1.17. The molecule has 1 N–H and O–H groups in total. The van der Waals surface area contributed by atoms with Crippen LogP contribution in [-0.4, -0.2) is 25.1 Å². The standard InChI is InChI=1S/C19H15ClFNO4/c1-11-2-4-15(8-16(11)21)22-18(23)10-26-19(24)13-6-12-7-14(20)3-5-17(12)25-9-13/h2-8H,9-10H2,1H3,(H,22,23). The number of amides is 1. The van der Waals surface area contributed by atoms with Crippen molar-refractivity contribution in [1.82, 2.24) is 0 Å². The fourth-order valence-electron chi connectivity index (χ4n) is 2.36. The predicted octanol–water partition coefficient (Wildman–Crippen LogP) is 3.75. The number of nitrogens with one attached hydrogen (secondary N) is 1. The molecule has 0 saturated carbocycles. The van der Waals surface area contributed by atoms with Gasteiger partial charge in [-0.2, -0.15) is 0 Å². The number of hydrogen-bond acceptors (Lipinski definition) is 4. The lowest BCUT2D eigenvalue weighted by Crippen LogP contribution is -2.24. The van der Waals surface area contributed by atoms with E-state index in [-0.39, 0.29) is 17.9 Å². The van der Waals surface area contributed by atoms with Gasteiger partial charge in [0.25, 0.3) is 5.91 Å². The van der Waals surface area contributed by atoms with Crippen molar-refractivity contribution in [2.75, 3.05) is 18.5 Å². The van der Waals surface area contributed by atoms with Crippen LogP contribution in [-0.2, 0) is 14.3 Å². The summed E-state index contributed by atoms with van der Waals surface area (Å²) in [5.41, 5.74) is 1.70. The van der Waals surface area contributed by atoms with Crippen LogP contribution in [0.15, 0.2) is 42.0 Å². The molecular weight excluding hydrogens is 361 g/mol. The summed E-state index contributed by atoms with van der Waals surface area (Å²) in [5.74, 6) is -1.05. The van der Waals surface area contributed by atoms with Gasteiger partial charge in [-0.1, -0.05) is 17.7 Å². The Balaban J connectivity index is 1.58. The Morgan fingerprint density at radius 3 is 2.85 bits per heavy atom. The lowest BCUT2D eigenvalue weighted by molar-refractivity contribution is -0.143. The van der Waals surface area contributed by atoms with E-state index in [0.29, 0.717) is 21.9 Å². The van der Waals surface area contributed by atoms with E-state index >= 15 is 0 Å². The van der Waals surface area contributed by atoms with Crippen LogP contribution in [0.2, 0.25) is 5.02 Å². The molecule has 0 saturated heterocycles. The van der Waals surface area contributed by atoms with Crippen molar-refractivity contribution in [3.63, 3.8) is 0 Å². The third kappa shape index (κ3) is 4.21. The van der Waals surface area contributed by atoms with Crippen molar-refractivity contribution < 1.29 is 23.5 Å². The Kier molecular flexibility index (Phi) is 5.23. The maximum absolute atomic E-state index is 13.5. The molecule has 1 heterocycles. The molecule has 2 aromatic rings. The van der Waals surface area contributed by atoms with Gasteiger partial charge in [-0.25, -0.2) is 9.18 Å². The maximum Gasteiger partial charge on any atom is 0.338 e. The predicted molar refractivity (Wildman–Crippen MR) is 95.6 cm³/mol. The molecule has 2 aromatic carbocycles. The first-order valence-electron chi connectivity index (χ1n) is 7.78. The topological polar surface area (TPSA) is 64.6 Å². The molecule has 3 rings (SSSR count). The molecule has 0 bridgehead atoms. The van der Waals surface area contributed by atoms with Gasteiger partial charge in [0.1, 0.15) is 18.2 Å². The lowest BCUT2D eigenvalue weighted by Gasteiger charge is -2.17. The Labute approximate surface area is 154 Å². The van der Waals surface area contributed by atoms with Crippen molar-refractivity contribution in [2.24, 2.45) is 0 Å². The summed E-state index contributed by atoms with van der Waals surface area (Å²) in [6, 6.07) is 9.38. The van der Waals surface area contributed by atoms with Crippen molar-refractivity contribution in [3.8, 4) is 5.75 Å². The quantitative estimate of drug-likeness (QED) is 0.827. The van der Waals surface area contributed by atoms with E-state index in [2.05, 4.69) is 5.32 Å². The highest BCUT2D eigenvalue weighted by Crippen LogP contribution is 2.29. The van der Waals surface area contributed by atoms with Gasteiger partial charge in [-0.15, -0.1) is 0 Å². The Bertz CT molecular complexity index is 910. The van der Waals surface area contributed by atoms with E-state index in [1.807, 2.05) is 0 Å². The molecule has 7 heteroatoms. The average molecular weight is 376 g/mol. The molecule has 0 spiro atoms. The van der Waals surface area contributed by atoms with Gasteiger partial charge in [0.05, 0.1) is 5.57 Å². The number of ether oxygens (including phenoxy) is 2. The van der Waals surface area contributed by atoms with Crippen LogP contribution in [0.5, 0.6) is 5.75 Å². The van der Waals surface area contributed by atoms with Crippen molar-refractivity contribution in [2.45, 2.75) is 6.92 Å². The van der Waals surface area contributed by atoms with Crippen molar-refractivity contribution in [1.29, 1.82) is 0 Å². The van der Waals surface area contributed by atoms with E-state index < -0.39 is 24.3 Å². The molecule has 26 heavy (non-hydrogen) atoms. The summed E-state index contributed by atoms with van der Waals surface area (Å²) in [6.07, 6.45) is 1.61. The molecule has 134 valence electrons. The third-order valence-corrected chi connectivity index (χ3v) is 3.97. The first-order chi connectivity index (χ1) is 12.4. The average Bonchev–Trinajstić information content (AvgIpc) is 2.62. The first kappa shape index (κ1) is 17.9. The lowest BCUT2D eigenvalue weighted by atomic mass is 10.1. The number of halogens is 2. The van der Waals surface area contributed by atoms with E-state index in [1.54, 1.807) is 43.3 Å². The van der Waals surface area contributed by atoms with Gasteiger partial charge >= 0.3 is 5.97 Å². The summed E-state index contributed by atoms with van der Waals surface area (Å²) in [5, 5.41) is 2.98. The fourth-order valence-corrected chi connectivity index (χ4v) is 2.54. The van der Waals surface area contributed by atoms with Gasteiger partial charge in [0, 0.05) is 16.3 Å². The maximum atomic E-state index is 13.5. The second-order valence-electron chi connectivity index (χ2n) is 5.73. The zero-order chi connectivity index (χ0) is 18.7. The molecule has 1 aliphatic heterocycles. The van der Waals surface area contributed by atoms with Crippen LogP contribution in [0.25, 0.3) is 6.08 Å². The minimum atomic E-state index is -0.666. The third-order valence-electron chi connectivity index (χ3n) is 3.74. The van der Waals surface area contributed by atoms with E-state index in [9.17, 15) is 14.0 Å². The normalized spacial score (nSPS) is 12.5. The number of benzene rings is 2. The van der Waals surface area contributed by atoms with E-state index in [4.69, 9.17) is 21.1 Å². The summed E-state index contributed by atoms with van der Waals surface area (Å²) in [4.78, 5) is 24.0. The molecule has 0 unspecified atom stereocenters. The molecule has 1 amide bonds. The van der Waals surface area contributed by atoms with Crippen LogP contribution >= 0.6 is 11.6 Å². The number of hydrogen-bond donors (Lipinski definition) is 1. The smallest absolute Gasteiger partial charge is 0.338 e. The second kappa shape index (κ2) is 7.58. The molecule has 0 aliphatic carbocycles. The Morgan fingerprint density at radius 1 is 1.27 bits per heavy atom. The molecule has 0 radical (unpaired) electrons. The minimum absolute atomic E-state index is 0.0399. The second-order valence-corrected chi connectivity index (χ2v) is 6.17. The highest BCUT2D eigenvalue weighted by atomic mass is 35.5. The highest BCUT2D eigenvalue weighted by molar-refractivity contribution is 6.30. The van der Waals surface area contributed by atoms with Crippen LogP contribution in [0, 0.1) is 12.7 Å². The number of carbonyl (C=O) groups is 2. The fraction of sp³-hybridized carbons (Fsp3) is 0.158. The number of aryl methyl sites for hydroxylation is 1. The molecule has 5 nitrogen and oxygen atoms in total. The van der Waals surface area contributed by atoms with Crippen molar-refractivity contribution >= 4 is 35.2 Å². The molecule has 0 aromatic heterocycles. The molecule has 1 aliphatic rings. The largest absolute Gasteiger partial charge is 0.488 e. The summed E-state index contributed by atoms with van der Waals surface area (Å²) in [7, 11) is 0. The van der Waals surface area contributed by atoms with Crippen LogP contribution in [0.3, 0.4) is 0 Å². The van der Waals surface area contributed by atoms with Crippen molar-refractivity contribution in [3.05, 3.63) is 63.9 Å². The number of esters is 1. The zero-order valence-corrected chi connectivity index (χ0v) is 14.6. The number of rotatable bonds is 4.